The largest absolute Gasteiger partial charge is 0.398 e. The van der Waals surface area contributed by atoms with E-state index in [1.807, 2.05) is 0 Å². The van der Waals surface area contributed by atoms with Crippen LogP contribution in [0.5, 0.6) is 0 Å². The highest BCUT2D eigenvalue weighted by Gasteiger charge is 2.40. The van der Waals surface area contributed by atoms with Crippen molar-refractivity contribution in [1.82, 2.24) is 14.5 Å². The molecule has 114 valence electrons. The van der Waals surface area contributed by atoms with Gasteiger partial charge < -0.3 is 16.0 Å². The van der Waals surface area contributed by atoms with Crippen LogP contribution in [0.3, 0.4) is 0 Å². The van der Waals surface area contributed by atoms with Gasteiger partial charge in [0.05, 0.1) is 11.7 Å². The zero-order chi connectivity index (χ0) is 15.2. The number of benzene rings is 1. The molecule has 0 saturated carbocycles. The summed E-state index contributed by atoms with van der Waals surface area (Å²) in [6.07, 6.45) is 0. The van der Waals surface area contributed by atoms with Crippen LogP contribution in [0.15, 0.2) is 23.1 Å². The van der Waals surface area contributed by atoms with Gasteiger partial charge in [-0.3, -0.25) is 0 Å². The lowest BCUT2D eigenvalue weighted by Gasteiger charge is -2.35. The Kier molecular flexibility index (Phi) is 3.25. The number of nitrogens with one attached hydrogen (secondary N) is 1. The third-order valence-corrected chi connectivity index (χ3v) is 5.71. The lowest BCUT2D eigenvalue weighted by atomic mass is 10.2. The number of sulfonamides is 1. The smallest absolute Gasteiger partial charge is 0.317 e. The van der Waals surface area contributed by atoms with Crippen LogP contribution < -0.4 is 11.1 Å². The second kappa shape index (κ2) is 4.85. The lowest BCUT2D eigenvalue weighted by Crippen LogP contribution is -2.53. The molecule has 1 unspecified atom stereocenters. The zero-order valence-electron chi connectivity index (χ0n) is 11.1. The van der Waals surface area contributed by atoms with E-state index < -0.39 is 15.8 Å². The minimum Gasteiger partial charge on any atom is -0.398 e. The molecule has 0 spiro atoms. The Morgan fingerprint density at radius 1 is 1.33 bits per heavy atom. The van der Waals surface area contributed by atoms with Crippen molar-refractivity contribution in [3.8, 4) is 0 Å². The molecule has 1 aromatic carbocycles. The average molecular weight is 314 g/mol. The number of nitrogens with two attached hydrogens (primary N) is 1. The molecular formula is C12H15FN4O3S. The first-order valence-corrected chi connectivity index (χ1v) is 7.93. The number of nitrogen functional groups attached to an aromatic ring is 1. The molecule has 3 rings (SSSR count). The van der Waals surface area contributed by atoms with Crippen LogP contribution in [0.2, 0.25) is 0 Å². The van der Waals surface area contributed by atoms with Gasteiger partial charge in [0.25, 0.3) is 0 Å². The lowest BCUT2D eigenvalue weighted by molar-refractivity contribution is 0.164. The van der Waals surface area contributed by atoms with Gasteiger partial charge in [0, 0.05) is 26.2 Å². The molecule has 0 bridgehead atoms. The number of anilines is 1. The quantitative estimate of drug-likeness (QED) is 0.739. The van der Waals surface area contributed by atoms with Crippen LogP contribution in [0.25, 0.3) is 0 Å². The van der Waals surface area contributed by atoms with Crippen LogP contribution in [0.4, 0.5) is 14.9 Å². The molecule has 3 N–H and O–H groups in total. The number of rotatable bonds is 2. The number of amides is 2. The number of hydrogen-bond acceptors (Lipinski definition) is 4. The number of hydrogen-bond donors (Lipinski definition) is 2. The van der Waals surface area contributed by atoms with Crippen molar-refractivity contribution in [2.45, 2.75) is 10.9 Å². The van der Waals surface area contributed by atoms with Crippen LogP contribution >= 0.6 is 0 Å². The van der Waals surface area contributed by atoms with E-state index in [2.05, 4.69) is 5.32 Å². The third-order valence-electron chi connectivity index (χ3n) is 3.79. The van der Waals surface area contributed by atoms with Crippen LogP contribution in [0, 0.1) is 5.82 Å². The summed E-state index contributed by atoms with van der Waals surface area (Å²) in [5.74, 6) is -0.654. The molecule has 2 amide bonds. The fourth-order valence-corrected chi connectivity index (χ4v) is 4.26. The normalized spacial score (nSPS) is 23.0. The zero-order valence-corrected chi connectivity index (χ0v) is 11.9. The van der Waals surface area contributed by atoms with Gasteiger partial charge in [-0.15, -0.1) is 0 Å². The Hall–Kier alpha value is -1.87. The average Bonchev–Trinajstić information content (AvgIpc) is 2.82. The van der Waals surface area contributed by atoms with Gasteiger partial charge >= 0.3 is 6.03 Å². The molecule has 0 radical (unpaired) electrons. The summed E-state index contributed by atoms with van der Waals surface area (Å²) in [6.45, 7) is 1.06. The van der Waals surface area contributed by atoms with Crippen molar-refractivity contribution < 1.29 is 17.6 Å². The minimum atomic E-state index is -3.87. The predicted molar refractivity (Wildman–Crippen MR) is 73.5 cm³/mol. The summed E-state index contributed by atoms with van der Waals surface area (Å²) in [7, 11) is -3.87. The summed E-state index contributed by atoms with van der Waals surface area (Å²) in [4.78, 5) is 12.9. The van der Waals surface area contributed by atoms with E-state index in [1.54, 1.807) is 4.90 Å². The third kappa shape index (κ3) is 2.32. The summed E-state index contributed by atoms with van der Waals surface area (Å²) < 4.78 is 39.7. The summed E-state index contributed by atoms with van der Waals surface area (Å²) in [5.41, 5.74) is 5.68. The second-order valence-electron chi connectivity index (χ2n) is 5.08. The number of carbonyl (C=O) groups excluding carboxylic acids is 1. The van der Waals surface area contributed by atoms with E-state index in [-0.39, 0.29) is 35.7 Å². The first kappa shape index (κ1) is 14.1. The Balaban J connectivity index is 1.89. The fraction of sp³-hybridized carbons (Fsp3) is 0.417. The summed E-state index contributed by atoms with van der Waals surface area (Å²) in [6, 6.07) is 2.90. The van der Waals surface area contributed by atoms with Crippen molar-refractivity contribution >= 4 is 21.7 Å². The molecule has 2 saturated heterocycles. The number of halogens is 1. The molecule has 0 aliphatic carbocycles. The van der Waals surface area contributed by atoms with Gasteiger partial charge in [-0.25, -0.2) is 17.6 Å². The van der Waals surface area contributed by atoms with Crippen molar-refractivity contribution in [1.29, 1.82) is 0 Å². The highest BCUT2D eigenvalue weighted by Crippen LogP contribution is 2.26. The van der Waals surface area contributed by atoms with E-state index in [9.17, 15) is 17.6 Å². The number of nitrogens with zero attached hydrogens (tertiary/aromatic N) is 2. The first-order chi connectivity index (χ1) is 9.89. The van der Waals surface area contributed by atoms with E-state index in [0.717, 1.165) is 12.1 Å². The fourth-order valence-electron chi connectivity index (χ4n) is 2.66. The van der Waals surface area contributed by atoms with Crippen LogP contribution in [-0.4, -0.2) is 55.9 Å². The molecule has 2 aliphatic heterocycles. The molecule has 2 aliphatic rings. The number of fused-ring (bicyclic) bond motifs is 1. The molecule has 0 aromatic heterocycles. The highest BCUT2D eigenvalue weighted by molar-refractivity contribution is 7.89. The number of piperazine rings is 1. The van der Waals surface area contributed by atoms with Gasteiger partial charge in [0.1, 0.15) is 10.7 Å². The molecule has 1 atom stereocenters. The van der Waals surface area contributed by atoms with Gasteiger partial charge in [0.2, 0.25) is 10.0 Å². The number of carbonyl (C=O) groups is 1. The summed E-state index contributed by atoms with van der Waals surface area (Å²) >= 11 is 0. The second-order valence-corrected chi connectivity index (χ2v) is 6.98. The van der Waals surface area contributed by atoms with E-state index >= 15 is 0 Å². The standard InChI is InChI=1S/C12H15FN4O3S/c13-8-1-2-10(14)11(5-8)21(19,20)16-3-4-17-9(7-16)6-15-12(17)18/h1-2,5,9H,3-4,6-7,14H2,(H,15,18). The van der Waals surface area contributed by atoms with Crippen molar-refractivity contribution in [2.24, 2.45) is 0 Å². The Morgan fingerprint density at radius 2 is 2.10 bits per heavy atom. The number of urea groups is 1. The molecule has 1 aromatic rings. The molecule has 7 nitrogen and oxygen atoms in total. The van der Waals surface area contributed by atoms with Crippen LogP contribution in [0.1, 0.15) is 0 Å². The van der Waals surface area contributed by atoms with Gasteiger partial charge in [-0.1, -0.05) is 0 Å². The Bertz CT molecular complexity index is 694. The maximum Gasteiger partial charge on any atom is 0.317 e. The highest BCUT2D eigenvalue weighted by atomic mass is 32.2. The minimum absolute atomic E-state index is 0.0134. The van der Waals surface area contributed by atoms with E-state index in [0.29, 0.717) is 13.1 Å². The molecule has 2 heterocycles. The van der Waals surface area contributed by atoms with Crippen LogP contribution in [-0.2, 0) is 10.0 Å². The Labute approximate surface area is 121 Å². The molecular weight excluding hydrogens is 299 g/mol. The van der Waals surface area contributed by atoms with Crippen molar-refractivity contribution in [2.75, 3.05) is 31.9 Å². The Morgan fingerprint density at radius 3 is 2.86 bits per heavy atom. The van der Waals surface area contributed by atoms with Gasteiger partial charge in [0.15, 0.2) is 0 Å². The summed E-state index contributed by atoms with van der Waals surface area (Å²) in [5, 5.41) is 2.67. The maximum absolute atomic E-state index is 13.3. The molecule has 21 heavy (non-hydrogen) atoms. The topological polar surface area (TPSA) is 95.7 Å². The SMILES string of the molecule is Nc1ccc(F)cc1S(=O)(=O)N1CCN2C(=O)NCC2C1. The van der Waals surface area contributed by atoms with Crippen molar-refractivity contribution in [3.63, 3.8) is 0 Å². The maximum atomic E-state index is 13.3. The first-order valence-electron chi connectivity index (χ1n) is 6.49. The van der Waals surface area contributed by atoms with E-state index in [4.69, 9.17) is 5.73 Å². The molecule has 9 heteroatoms. The van der Waals surface area contributed by atoms with Gasteiger partial charge in [-0.2, -0.15) is 4.31 Å². The van der Waals surface area contributed by atoms with E-state index in [1.165, 1.54) is 10.4 Å². The monoisotopic (exact) mass is 314 g/mol. The van der Waals surface area contributed by atoms with Crippen molar-refractivity contribution in [3.05, 3.63) is 24.0 Å². The molecule has 2 fully saturated rings. The predicted octanol–water partition coefficient (Wildman–Crippen LogP) is -0.194. The van der Waals surface area contributed by atoms with Gasteiger partial charge in [-0.05, 0) is 18.2 Å².